The summed E-state index contributed by atoms with van der Waals surface area (Å²) in [5.74, 6) is 1.61. The van der Waals surface area contributed by atoms with Gasteiger partial charge < -0.3 is 14.7 Å². The van der Waals surface area contributed by atoms with Crippen LogP contribution in [0.2, 0.25) is 0 Å². The summed E-state index contributed by atoms with van der Waals surface area (Å²) >= 11 is 0. The molecule has 1 N–H and O–H groups in total. The van der Waals surface area contributed by atoms with Gasteiger partial charge in [0.05, 0.1) is 0 Å². The molecule has 0 amide bonds. The molecule has 1 saturated heterocycles. The average Bonchev–Trinajstić information content (AvgIpc) is 3.13. The van der Waals surface area contributed by atoms with E-state index in [-0.39, 0.29) is 0 Å². The first-order valence-electron chi connectivity index (χ1n) is 9.16. The average molecular weight is 341 g/mol. The van der Waals surface area contributed by atoms with Crippen LogP contribution in [-0.4, -0.2) is 52.3 Å². The molecule has 0 spiro atoms. The molecule has 1 fully saturated rings. The van der Waals surface area contributed by atoms with Gasteiger partial charge >= 0.3 is 0 Å². The highest BCUT2D eigenvalue weighted by Gasteiger charge is 2.16. The third kappa shape index (κ3) is 5.51. The molecule has 3 rings (SSSR count). The lowest BCUT2D eigenvalue weighted by Crippen LogP contribution is -2.33. The zero-order valence-corrected chi connectivity index (χ0v) is 14.9. The van der Waals surface area contributed by atoms with Gasteiger partial charge in [-0.05, 0) is 56.1 Å². The van der Waals surface area contributed by atoms with E-state index in [1.807, 2.05) is 30.5 Å². The van der Waals surface area contributed by atoms with E-state index in [0.29, 0.717) is 19.6 Å². The molecule has 0 saturated carbocycles. The minimum Gasteiger partial charge on any atom is -0.491 e. The van der Waals surface area contributed by atoms with Gasteiger partial charge in [0, 0.05) is 24.9 Å². The number of ether oxygens (including phenoxy) is 1. The first-order chi connectivity index (χ1) is 12.2. The highest BCUT2D eigenvalue weighted by Crippen LogP contribution is 2.16. The summed E-state index contributed by atoms with van der Waals surface area (Å²) in [6, 6.07) is 9.90. The Balaban J connectivity index is 1.53. The van der Waals surface area contributed by atoms with Crippen LogP contribution in [-0.2, 0) is 12.8 Å². The fourth-order valence-corrected chi connectivity index (χ4v) is 3.16. The van der Waals surface area contributed by atoms with Crippen LogP contribution in [0.25, 0.3) is 0 Å². The lowest BCUT2D eigenvalue weighted by Gasteiger charge is -2.19. The number of aromatic nitrogens is 2. The highest BCUT2D eigenvalue weighted by molar-refractivity contribution is 5.30. The first-order valence-corrected chi connectivity index (χ1v) is 9.16. The van der Waals surface area contributed by atoms with Crippen molar-refractivity contribution in [3.8, 4) is 5.75 Å². The Morgan fingerprint density at radius 3 is 2.88 bits per heavy atom. The normalized spacial score (nSPS) is 16.1. The molecule has 2 heterocycles. The molecule has 2 aromatic rings. The highest BCUT2D eigenvalue weighted by atomic mass is 16.5. The van der Waals surface area contributed by atoms with Crippen molar-refractivity contribution in [1.29, 1.82) is 0 Å². The van der Waals surface area contributed by atoms with Crippen molar-refractivity contribution in [2.24, 2.45) is 0 Å². The van der Waals surface area contributed by atoms with Gasteiger partial charge in [0.1, 0.15) is 24.3 Å². The molecule has 1 atom stereocenters. The van der Waals surface area contributed by atoms with Gasteiger partial charge in [0.2, 0.25) is 0 Å². The van der Waals surface area contributed by atoms with Gasteiger partial charge in [-0.15, -0.1) is 0 Å². The Hall–Kier alpha value is -1.98. The fourth-order valence-electron chi connectivity index (χ4n) is 3.16. The third-order valence-electron chi connectivity index (χ3n) is 4.50. The summed E-state index contributed by atoms with van der Waals surface area (Å²) in [5, 5.41) is 10.1. The quantitative estimate of drug-likeness (QED) is 0.799. The predicted octanol–water partition coefficient (Wildman–Crippen LogP) is 2.47. The van der Waals surface area contributed by atoms with Crippen LogP contribution in [0.4, 0.5) is 0 Å². The largest absolute Gasteiger partial charge is 0.491 e. The number of aryl methyl sites for hydroxylation is 1. The van der Waals surface area contributed by atoms with Crippen molar-refractivity contribution >= 4 is 0 Å². The van der Waals surface area contributed by atoms with Crippen LogP contribution in [0, 0.1) is 0 Å². The zero-order chi connectivity index (χ0) is 17.5. The molecule has 134 valence electrons. The molecule has 0 bridgehead atoms. The summed E-state index contributed by atoms with van der Waals surface area (Å²) in [5.41, 5.74) is 2.17. The first kappa shape index (κ1) is 17.8. The molecule has 1 unspecified atom stereocenters. The Bertz CT molecular complexity index is 671. The van der Waals surface area contributed by atoms with E-state index in [1.165, 1.54) is 12.8 Å². The van der Waals surface area contributed by atoms with Gasteiger partial charge in [-0.3, -0.25) is 0 Å². The molecule has 1 aliphatic heterocycles. The van der Waals surface area contributed by atoms with E-state index in [2.05, 4.69) is 27.9 Å². The fraction of sp³-hybridized carbons (Fsp3) is 0.500. The topological polar surface area (TPSA) is 58.5 Å². The second-order valence-corrected chi connectivity index (χ2v) is 6.61. The van der Waals surface area contributed by atoms with Crippen molar-refractivity contribution in [2.75, 3.05) is 26.2 Å². The molecule has 5 nitrogen and oxygen atoms in total. The van der Waals surface area contributed by atoms with E-state index in [0.717, 1.165) is 42.3 Å². The maximum Gasteiger partial charge on any atom is 0.132 e. The predicted molar refractivity (Wildman–Crippen MR) is 97.8 cm³/mol. The maximum atomic E-state index is 10.1. The smallest absolute Gasteiger partial charge is 0.132 e. The third-order valence-corrected chi connectivity index (χ3v) is 4.50. The van der Waals surface area contributed by atoms with Crippen molar-refractivity contribution in [2.45, 2.75) is 38.7 Å². The van der Waals surface area contributed by atoms with Crippen molar-refractivity contribution in [3.63, 3.8) is 0 Å². The van der Waals surface area contributed by atoms with Crippen LogP contribution in [0.1, 0.15) is 36.8 Å². The van der Waals surface area contributed by atoms with Crippen molar-refractivity contribution < 1.29 is 9.84 Å². The van der Waals surface area contributed by atoms with E-state index in [9.17, 15) is 5.11 Å². The minimum atomic E-state index is -0.452. The molecule has 1 aromatic carbocycles. The van der Waals surface area contributed by atoms with Crippen LogP contribution < -0.4 is 4.74 Å². The van der Waals surface area contributed by atoms with Crippen LogP contribution in [0.5, 0.6) is 5.75 Å². The Morgan fingerprint density at radius 2 is 2.08 bits per heavy atom. The number of likely N-dealkylation sites (tertiary alicyclic amines) is 1. The summed E-state index contributed by atoms with van der Waals surface area (Å²) < 4.78 is 5.78. The number of hydrogen-bond acceptors (Lipinski definition) is 5. The number of benzene rings is 1. The lowest BCUT2D eigenvalue weighted by molar-refractivity contribution is 0.0758. The Kier molecular flexibility index (Phi) is 6.36. The number of aliphatic hydroxyl groups excluding tert-OH is 1. The van der Waals surface area contributed by atoms with Crippen LogP contribution in [0.3, 0.4) is 0 Å². The molecule has 5 heteroatoms. The SMILES string of the molecule is CCc1ccnc(Cc2cccc(OCC(O)CN3CCCC3)c2)n1. The number of β-amino-alcohol motifs (C(OH)–C–C–N with tert-alkyl or cyclic N) is 1. The van der Waals surface area contributed by atoms with E-state index in [1.54, 1.807) is 0 Å². The Morgan fingerprint density at radius 1 is 1.24 bits per heavy atom. The van der Waals surface area contributed by atoms with E-state index < -0.39 is 6.10 Å². The van der Waals surface area contributed by atoms with Crippen molar-refractivity contribution in [1.82, 2.24) is 14.9 Å². The summed E-state index contributed by atoms with van der Waals surface area (Å²) in [6.07, 6.45) is 5.42. The standard InChI is InChI=1S/C20H27N3O2/c1-2-17-8-9-21-20(22-17)13-16-6-5-7-19(12-16)25-15-18(24)14-23-10-3-4-11-23/h5-9,12,18,24H,2-4,10-11,13-15H2,1H3. The summed E-state index contributed by atoms with van der Waals surface area (Å²) in [7, 11) is 0. The number of rotatable bonds is 8. The molecule has 25 heavy (non-hydrogen) atoms. The monoisotopic (exact) mass is 341 g/mol. The number of hydrogen-bond donors (Lipinski definition) is 1. The molecule has 1 aromatic heterocycles. The minimum absolute atomic E-state index is 0.321. The molecule has 0 aliphatic carbocycles. The molecular weight excluding hydrogens is 314 g/mol. The van der Waals surface area contributed by atoms with Gasteiger partial charge in [0.15, 0.2) is 0 Å². The van der Waals surface area contributed by atoms with Gasteiger partial charge in [-0.1, -0.05) is 19.1 Å². The molecular formula is C20H27N3O2. The molecule has 1 aliphatic rings. The number of nitrogens with zero attached hydrogens (tertiary/aromatic N) is 3. The van der Waals surface area contributed by atoms with Gasteiger partial charge in [-0.25, -0.2) is 9.97 Å². The lowest BCUT2D eigenvalue weighted by atomic mass is 10.1. The van der Waals surface area contributed by atoms with Gasteiger partial charge in [0.25, 0.3) is 0 Å². The van der Waals surface area contributed by atoms with Crippen LogP contribution >= 0.6 is 0 Å². The van der Waals surface area contributed by atoms with Crippen LogP contribution in [0.15, 0.2) is 36.5 Å². The summed E-state index contributed by atoms with van der Waals surface area (Å²) in [4.78, 5) is 11.2. The Labute approximate surface area is 149 Å². The summed E-state index contributed by atoms with van der Waals surface area (Å²) in [6.45, 7) is 5.28. The maximum absolute atomic E-state index is 10.1. The van der Waals surface area contributed by atoms with E-state index in [4.69, 9.17) is 4.74 Å². The second kappa shape index (κ2) is 8.92. The number of aliphatic hydroxyl groups is 1. The second-order valence-electron chi connectivity index (χ2n) is 6.61. The van der Waals surface area contributed by atoms with Crippen molar-refractivity contribution in [3.05, 3.63) is 53.6 Å². The van der Waals surface area contributed by atoms with E-state index >= 15 is 0 Å². The zero-order valence-electron chi connectivity index (χ0n) is 14.9. The van der Waals surface area contributed by atoms with Gasteiger partial charge in [-0.2, -0.15) is 0 Å². The molecule has 0 radical (unpaired) electrons.